The topological polar surface area (TPSA) is 167 Å². The molecule has 6 heterocycles. The summed E-state index contributed by atoms with van der Waals surface area (Å²) in [7, 11) is 0. The van der Waals surface area contributed by atoms with Crippen molar-refractivity contribution in [1.82, 2.24) is 18.9 Å². The number of anilines is 2. The molecule has 0 amide bonds. The van der Waals surface area contributed by atoms with E-state index in [2.05, 4.69) is 92.7 Å². The molecule has 2 saturated heterocycles. The minimum absolute atomic E-state index is 0. The number of benzene rings is 5. The minimum atomic E-state index is -0.876. The summed E-state index contributed by atoms with van der Waals surface area (Å²) in [6.45, 7) is 16.2. The summed E-state index contributed by atoms with van der Waals surface area (Å²) >= 11 is 3.60. The number of hydrogen-bond donors (Lipinski definition) is 1. The van der Waals surface area contributed by atoms with Gasteiger partial charge in [0, 0.05) is 115 Å². The van der Waals surface area contributed by atoms with Gasteiger partial charge in [0.1, 0.15) is 17.2 Å². The van der Waals surface area contributed by atoms with Crippen molar-refractivity contribution in [2.45, 2.75) is 112 Å². The van der Waals surface area contributed by atoms with Crippen LogP contribution in [0.15, 0.2) is 160 Å². The van der Waals surface area contributed by atoms with Crippen LogP contribution in [0.4, 0.5) is 21.0 Å². The van der Waals surface area contributed by atoms with Crippen LogP contribution in [0.2, 0.25) is 0 Å². The lowest BCUT2D eigenvalue weighted by Gasteiger charge is -2.36. The molecule has 2 aliphatic rings. The number of carbonyl (C=O) groups is 2. The van der Waals surface area contributed by atoms with Gasteiger partial charge in [0.15, 0.2) is 13.5 Å². The number of aromatic nitrogens is 2. The van der Waals surface area contributed by atoms with E-state index in [0.717, 1.165) is 134 Å². The standard InChI is InChI=1S/C33H33N3O5S.C33H41N3O5S.C6H14O.CH4/c37-32-14-12-25-11-13-27(23-30(25)36(32)24-40-33(38)41-26-7-2-1-3-8-26)39-21-5-4-16-34-17-19-35(20-18-34)29-9-6-10-31-28(29)15-22-42-31;1-2-3-4-6-22-40-33(38)41-25-36-30-24-27(13-11-26(30)12-14-32(36)37)39-21-7-5-16-34-17-19-35(20-18-34)29-9-8-10-31-28(29)15-23-42-31;1-2-3-4-5-6-7;/h1-3,6-15,22-23H,4-5,16-21,24H2;8-15,23-24H,2-7,16-22,25H2,1H3;7H,2-6H2,1H3;1H4. The Balaban J connectivity index is 0.000000212. The van der Waals surface area contributed by atoms with Crippen LogP contribution < -0.4 is 35.1 Å². The number of aliphatic hydroxyl groups excluding tert-OH is 1. The number of nitrogens with zero attached hydrogens (tertiary/aromatic N) is 6. The van der Waals surface area contributed by atoms with Crippen LogP contribution in [-0.4, -0.2) is 128 Å². The molecule has 5 aromatic carbocycles. The molecule has 0 unspecified atom stereocenters. The van der Waals surface area contributed by atoms with E-state index in [1.165, 1.54) is 72.1 Å². The molecule has 0 radical (unpaired) electrons. The Morgan fingerprint density at radius 3 is 1.41 bits per heavy atom. The highest BCUT2D eigenvalue weighted by Crippen LogP contribution is 2.33. The Morgan fingerprint density at radius 1 is 0.457 bits per heavy atom. The molecule has 2 fully saturated rings. The Kier molecular flexibility index (Phi) is 28.5. The highest BCUT2D eigenvalue weighted by atomic mass is 32.1. The number of ether oxygens (including phenoxy) is 6. The molecule has 0 bridgehead atoms. The fraction of sp³-hybridized carbons (Fsp3) is 0.425. The second-order valence-corrected chi connectivity index (χ2v) is 24.7. The number of pyridine rings is 2. The lowest BCUT2D eigenvalue weighted by atomic mass is 10.2. The second kappa shape index (κ2) is 37.5. The lowest BCUT2D eigenvalue weighted by molar-refractivity contribution is 0.0331. The van der Waals surface area contributed by atoms with E-state index in [9.17, 15) is 19.2 Å². The monoisotopic (exact) mass is 1290 g/mol. The average molecular weight is 1290 g/mol. The van der Waals surface area contributed by atoms with Crippen molar-refractivity contribution in [2.75, 3.05) is 102 Å². The van der Waals surface area contributed by atoms with Gasteiger partial charge in [0.05, 0.1) is 30.9 Å². The number of unbranched alkanes of at least 4 members (excludes halogenated alkanes) is 8. The molecule has 0 spiro atoms. The maximum absolute atomic E-state index is 12.6. The second-order valence-electron chi connectivity index (χ2n) is 22.8. The van der Waals surface area contributed by atoms with Crippen LogP contribution in [0, 0.1) is 0 Å². The van der Waals surface area contributed by atoms with Gasteiger partial charge in [-0.05, 0) is 158 Å². The first-order valence-corrected chi connectivity index (χ1v) is 34.1. The van der Waals surface area contributed by atoms with Gasteiger partial charge in [0.2, 0.25) is 0 Å². The number of piperazine rings is 2. The van der Waals surface area contributed by atoms with Gasteiger partial charge >= 0.3 is 12.3 Å². The number of rotatable bonds is 28. The molecule has 19 heteroatoms. The summed E-state index contributed by atoms with van der Waals surface area (Å²) in [6, 6.07) is 44.0. The van der Waals surface area contributed by atoms with Crippen LogP contribution >= 0.6 is 22.7 Å². The fourth-order valence-corrected chi connectivity index (χ4v) is 12.9. The third-order valence-electron chi connectivity index (χ3n) is 16.4. The Labute approximate surface area is 549 Å². The van der Waals surface area contributed by atoms with Crippen LogP contribution in [0.3, 0.4) is 0 Å². The molecule has 1 N–H and O–H groups in total. The number of para-hydroxylation sites is 1. The highest BCUT2D eigenvalue weighted by molar-refractivity contribution is 7.17. The summed E-state index contributed by atoms with van der Waals surface area (Å²) < 4.78 is 38.4. The van der Waals surface area contributed by atoms with Gasteiger partial charge < -0.3 is 43.3 Å². The summed E-state index contributed by atoms with van der Waals surface area (Å²) in [5.41, 5.74) is 3.46. The Bertz CT molecular complexity index is 3790. The summed E-state index contributed by atoms with van der Waals surface area (Å²) in [5.74, 6) is 1.74. The molecule has 92 heavy (non-hydrogen) atoms. The molecule has 4 aromatic heterocycles. The first-order chi connectivity index (χ1) is 44.7. The number of hydrogen-bond acceptors (Lipinski definition) is 17. The number of carbonyl (C=O) groups excluding carboxylic acids is 2. The van der Waals surface area contributed by atoms with E-state index in [-0.39, 0.29) is 32.0 Å². The zero-order valence-electron chi connectivity index (χ0n) is 52.8. The van der Waals surface area contributed by atoms with Crippen molar-refractivity contribution in [3.05, 3.63) is 171 Å². The molecule has 2 aliphatic heterocycles. The van der Waals surface area contributed by atoms with Crippen LogP contribution in [-0.2, 0) is 27.7 Å². The smallest absolute Gasteiger partial charge is 0.494 e. The molecule has 492 valence electrons. The van der Waals surface area contributed by atoms with Gasteiger partial charge in [-0.25, -0.2) is 9.59 Å². The summed E-state index contributed by atoms with van der Waals surface area (Å²) in [4.78, 5) is 59.4. The third-order valence-corrected chi connectivity index (χ3v) is 18.1. The first-order valence-electron chi connectivity index (χ1n) is 32.4. The van der Waals surface area contributed by atoms with Gasteiger partial charge in [-0.1, -0.05) is 90.1 Å². The van der Waals surface area contributed by atoms with Crippen molar-refractivity contribution in [3.8, 4) is 17.2 Å². The number of aliphatic hydroxyl groups is 1. The van der Waals surface area contributed by atoms with E-state index in [4.69, 9.17) is 33.5 Å². The van der Waals surface area contributed by atoms with Gasteiger partial charge in [-0.2, -0.15) is 0 Å². The molecule has 11 rings (SSSR count). The van der Waals surface area contributed by atoms with Gasteiger partial charge in [0.25, 0.3) is 11.1 Å². The van der Waals surface area contributed by atoms with Crippen molar-refractivity contribution < 1.29 is 43.1 Å². The largest absolute Gasteiger partial charge is 0.515 e. The van der Waals surface area contributed by atoms with Crippen molar-refractivity contribution in [1.29, 1.82) is 0 Å². The highest BCUT2D eigenvalue weighted by Gasteiger charge is 2.21. The first kappa shape index (κ1) is 69.9. The maximum atomic E-state index is 12.6. The summed E-state index contributed by atoms with van der Waals surface area (Å²) in [5, 5.41) is 17.1. The Hall–Kier alpha value is -7.94. The molecule has 0 saturated carbocycles. The predicted octanol–water partition coefficient (Wildman–Crippen LogP) is 15.5. The van der Waals surface area contributed by atoms with E-state index in [0.29, 0.717) is 54.7 Å². The van der Waals surface area contributed by atoms with Crippen LogP contribution in [0.25, 0.3) is 42.0 Å². The zero-order valence-corrected chi connectivity index (χ0v) is 54.4. The minimum Gasteiger partial charge on any atom is -0.494 e. The Morgan fingerprint density at radius 2 is 0.924 bits per heavy atom. The van der Waals surface area contributed by atoms with E-state index >= 15 is 0 Å². The van der Waals surface area contributed by atoms with E-state index in [1.54, 1.807) is 59.1 Å². The number of fused-ring (bicyclic) bond motifs is 4. The normalized spacial score (nSPS) is 13.4. The summed E-state index contributed by atoms with van der Waals surface area (Å²) in [6.07, 6.45) is 11.1. The predicted molar refractivity (Wildman–Crippen MR) is 375 cm³/mol. The molecule has 17 nitrogen and oxygen atoms in total. The van der Waals surface area contributed by atoms with Crippen molar-refractivity contribution in [2.24, 2.45) is 0 Å². The zero-order chi connectivity index (χ0) is 63.4. The average Bonchev–Trinajstić information content (AvgIpc) is 1.09. The maximum Gasteiger partial charge on any atom is 0.515 e. The fourth-order valence-electron chi connectivity index (χ4n) is 11.3. The van der Waals surface area contributed by atoms with Crippen LogP contribution in [0.5, 0.6) is 17.2 Å². The van der Waals surface area contributed by atoms with Crippen LogP contribution in [0.1, 0.15) is 98.3 Å². The van der Waals surface area contributed by atoms with Crippen molar-refractivity contribution >= 4 is 88.3 Å². The molecule has 9 aromatic rings. The van der Waals surface area contributed by atoms with E-state index < -0.39 is 12.3 Å². The van der Waals surface area contributed by atoms with Gasteiger partial charge in [-0.3, -0.25) is 28.5 Å². The van der Waals surface area contributed by atoms with E-state index in [1.807, 2.05) is 42.5 Å². The molecular formula is C73H92N6O11S2. The van der Waals surface area contributed by atoms with Gasteiger partial charge in [-0.15, -0.1) is 22.7 Å². The lowest BCUT2D eigenvalue weighted by Crippen LogP contribution is -2.46. The SMILES string of the molecule is C.CCCCCCO.CCCCCCOC(=O)OCn1c(=O)ccc2ccc(OCCCCN3CCN(c4cccc5sccc45)CC3)cc21.O=C(OCn1c(=O)ccc2ccc(OCCCCN3CCN(c4cccc5sccc45)CC3)cc21)Oc1ccccc1. The molecular weight excluding hydrogens is 1200 g/mol. The number of thiophene rings is 2. The third kappa shape index (κ3) is 20.8. The molecule has 0 atom stereocenters. The molecule has 0 aliphatic carbocycles. The quantitative estimate of drug-likeness (QED) is 0.0279. The van der Waals surface area contributed by atoms with Crippen molar-refractivity contribution in [3.63, 3.8) is 0 Å².